The van der Waals surface area contributed by atoms with Crippen molar-refractivity contribution in [2.45, 2.75) is 65.8 Å². The van der Waals surface area contributed by atoms with E-state index in [1.807, 2.05) is 79.4 Å². The Kier molecular flexibility index (Phi) is 13.2. The van der Waals surface area contributed by atoms with Crippen LogP contribution in [0, 0.1) is 5.92 Å². The summed E-state index contributed by atoms with van der Waals surface area (Å²) in [5.41, 5.74) is 4.55. The van der Waals surface area contributed by atoms with Crippen molar-refractivity contribution in [2.24, 2.45) is 5.92 Å². The zero-order valence-corrected chi connectivity index (χ0v) is 27.4. The molecule has 0 radical (unpaired) electrons. The molecule has 1 saturated heterocycles. The molecule has 2 atom stereocenters. The second-order valence-corrected chi connectivity index (χ2v) is 12.6. The Bertz CT molecular complexity index is 1350. The predicted molar refractivity (Wildman–Crippen MR) is 182 cm³/mol. The van der Waals surface area contributed by atoms with Gasteiger partial charge in [-0.25, -0.2) is 0 Å². The highest BCUT2D eigenvalue weighted by atomic mass is 16.5. The van der Waals surface area contributed by atoms with Gasteiger partial charge in [0.05, 0.1) is 6.04 Å². The molecule has 7 heteroatoms. The van der Waals surface area contributed by atoms with E-state index in [2.05, 4.69) is 59.7 Å². The SMILES string of the molecule is CC(C)=CCN[C@@H](CC(C)C)C(=O)N[C@H](Cc1ccc(OCc2ccccc2)cc1)C(=O)N1CCN(Cc2ccccc2)CC1. The number of ether oxygens (including phenoxy) is 1. The van der Waals surface area contributed by atoms with Crippen LogP contribution < -0.4 is 15.4 Å². The average Bonchev–Trinajstić information content (AvgIpc) is 3.04. The van der Waals surface area contributed by atoms with Crippen LogP contribution in [-0.2, 0) is 29.2 Å². The predicted octanol–water partition coefficient (Wildman–Crippen LogP) is 5.61. The van der Waals surface area contributed by atoms with Crippen molar-refractivity contribution >= 4 is 11.8 Å². The second-order valence-electron chi connectivity index (χ2n) is 12.6. The highest BCUT2D eigenvalue weighted by Crippen LogP contribution is 2.17. The maximum Gasteiger partial charge on any atom is 0.245 e. The van der Waals surface area contributed by atoms with E-state index in [0.717, 1.165) is 36.5 Å². The number of carbonyl (C=O) groups excluding carboxylic acids is 2. The Labute approximate surface area is 269 Å². The molecular formula is C38H50N4O3. The third-order valence-electron chi connectivity index (χ3n) is 8.06. The topological polar surface area (TPSA) is 73.9 Å². The Morgan fingerprint density at radius 3 is 2.02 bits per heavy atom. The molecule has 2 amide bonds. The van der Waals surface area contributed by atoms with E-state index < -0.39 is 6.04 Å². The summed E-state index contributed by atoms with van der Waals surface area (Å²) in [5.74, 6) is 0.939. The molecule has 0 unspecified atom stereocenters. The molecule has 0 bridgehead atoms. The summed E-state index contributed by atoms with van der Waals surface area (Å²) < 4.78 is 5.97. The lowest BCUT2D eigenvalue weighted by atomic mass is 10.0. The Hall–Kier alpha value is -3.94. The van der Waals surface area contributed by atoms with E-state index in [1.165, 1.54) is 11.1 Å². The lowest BCUT2D eigenvalue weighted by molar-refractivity contribution is -0.138. The normalized spacial score (nSPS) is 14.9. The molecule has 1 fully saturated rings. The molecule has 3 aromatic carbocycles. The van der Waals surface area contributed by atoms with Crippen LogP contribution in [-0.4, -0.2) is 66.4 Å². The molecule has 2 N–H and O–H groups in total. The first kappa shape index (κ1) is 33.9. The highest BCUT2D eigenvalue weighted by molar-refractivity contribution is 5.90. The molecule has 0 spiro atoms. The number of benzene rings is 3. The first-order valence-corrected chi connectivity index (χ1v) is 16.2. The van der Waals surface area contributed by atoms with Gasteiger partial charge in [-0.1, -0.05) is 98.3 Å². The molecule has 1 heterocycles. The van der Waals surface area contributed by atoms with Gasteiger partial charge in [0.25, 0.3) is 0 Å². The number of hydrogen-bond donors (Lipinski definition) is 2. The van der Waals surface area contributed by atoms with Crippen molar-refractivity contribution in [3.05, 3.63) is 113 Å². The number of piperazine rings is 1. The zero-order chi connectivity index (χ0) is 32.0. The van der Waals surface area contributed by atoms with Gasteiger partial charge in [-0.3, -0.25) is 14.5 Å². The van der Waals surface area contributed by atoms with Gasteiger partial charge in [0, 0.05) is 45.7 Å². The highest BCUT2D eigenvalue weighted by Gasteiger charge is 2.31. The van der Waals surface area contributed by atoms with Crippen molar-refractivity contribution in [3.8, 4) is 5.75 Å². The van der Waals surface area contributed by atoms with Gasteiger partial charge in [-0.2, -0.15) is 0 Å². The fraction of sp³-hybridized carbons (Fsp3) is 0.421. The summed E-state index contributed by atoms with van der Waals surface area (Å²) in [7, 11) is 0. The van der Waals surface area contributed by atoms with Crippen LogP contribution in [0.2, 0.25) is 0 Å². The summed E-state index contributed by atoms with van der Waals surface area (Å²) in [5, 5.41) is 6.56. The lowest BCUT2D eigenvalue weighted by Gasteiger charge is -2.37. The molecule has 0 aromatic heterocycles. The van der Waals surface area contributed by atoms with Crippen molar-refractivity contribution < 1.29 is 14.3 Å². The van der Waals surface area contributed by atoms with E-state index in [9.17, 15) is 9.59 Å². The van der Waals surface area contributed by atoms with Crippen molar-refractivity contribution in [3.63, 3.8) is 0 Å². The van der Waals surface area contributed by atoms with Gasteiger partial charge in [0.2, 0.25) is 11.8 Å². The summed E-state index contributed by atoms with van der Waals surface area (Å²) in [6, 6.07) is 27.3. The minimum atomic E-state index is -0.658. The fourth-order valence-corrected chi connectivity index (χ4v) is 5.52. The molecule has 0 aliphatic carbocycles. The standard InChI is InChI=1S/C38H50N4O3/c1-29(2)19-20-39-35(25-30(3)4)37(43)40-36(26-31-15-17-34(18-16-31)45-28-33-13-9-6-10-14-33)38(44)42-23-21-41(22-24-42)27-32-11-7-5-8-12-32/h5-19,30,35-36,39H,20-28H2,1-4H3,(H,40,43)/t35-,36+/m0/s1. The van der Waals surface area contributed by atoms with Crippen molar-refractivity contribution in [1.82, 2.24) is 20.4 Å². The zero-order valence-electron chi connectivity index (χ0n) is 27.4. The first-order chi connectivity index (χ1) is 21.8. The molecule has 240 valence electrons. The number of nitrogens with one attached hydrogen (secondary N) is 2. The Balaban J connectivity index is 1.43. The second kappa shape index (κ2) is 17.5. The smallest absolute Gasteiger partial charge is 0.245 e. The van der Waals surface area contributed by atoms with Crippen molar-refractivity contribution in [2.75, 3.05) is 32.7 Å². The van der Waals surface area contributed by atoms with E-state index >= 15 is 0 Å². The minimum absolute atomic E-state index is 0.0280. The summed E-state index contributed by atoms with van der Waals surface area (Å²) in [4.78, 5) is 32.0. The van der Waals surface area contributed by atoms with Gasteiger partial charge >= 0.3 is 0 Å². The van der Waals surface area contributed by atoms with E-state index in [1.54, 1.807) is 0 Å². The van der Waals surface area contributed by atoms with Crippen LogP contribution in [0.4, 0.5) is 0 Å². The number of allylic oxidation sites excluding steroid dienone is 1. The molecule has 1 aliphatic heterocycles. The van der Waals surface area contributed by atoms with Gasteiger partial charge in [-0.05, 0) is 55.0 Å². The quantitative estimate of drug-likeness (QED) is 0.219. The molecule has 45 heavy (non-hydrogen) atoms. The third kappa shape index (κ3) is 11.5. The molecule has 7 nitrogen and oxygen atoms in total. The van der Waals surface area contributed by atoms with Gasteiger partial charge in [0.1, 0.15) is 18.4 Å². The molecule has 4 rings (SSSR count). The maximum atomic E-state index is 14.0. The number of amides is 2. The van der Waals surface area contributed by atoms with E-state index in [4.69, 9.17) is 4.74 Å². The summed E-state index contributed by atoms with van der Waals surface area (Å²) >= 11 is 0. The number of nitrogens with zero attached hydrogens (tertiary/aromatic N) is 2. The fourth-order valence-electron chi connectivity index (χ4n) is 5.52. The first-order valence-electron chi connectivity index (χ1n) is 16.2. The van der Waals surface area contributed by atoms with Gasteiger partial charge in [-0.15, -0.1) is 0 Å². The van der Waals surface area contributed by atoms with E-state index in [0.29, 0.717) is 45.0 Å². The summed E-state index contributed by atoms with van der Waals surface area (Å²) in [6.45, 7) is 13.2. The maximum absolute atomic E-state index is 14.0. The molecular weight excluding hydrogens is 560 g/mol. The third-order valence-corrected chi connectivity index (χ3v) is 8.06. The monoisotopic (exact) mass is 610 g/mol. The number of rotatable bonds is 15. The van der Waals surface area contributed by atoms with Crippen LogP contribution in [0.1, 0.15) is 50.8 Å². The van der Waals surface area contributed by atoms with Crippen molar-refractivity contribution in [1.29, 1.82) is 0 Å². The Morgan fingerprint density at radius 1 is 0.800 bits per heavy atom. The summed E-state index contributed by atoms with van der Waals surface area (Å²) in [6.07, 6.45) is 3.19. The van der Waals surface area contributed by atoms with Gasteiger partial charge in [0.15, 0.2) is 0 Å². The van der Waals surface area contributed by atoms with Crippen LogP contribution >= 0.6 is 0 Å². The molecule has 1 aliphatic rings. The minimum Gasteiger partial charge on any atom is -0.489 e. The van der Waals surface area contributed by atoms with Crippen LogP contribution in [0.15, 0.2) is 96.6 Å². The van der Waals surface area contributed by atoms with Gasteiger partial charge < -0.3 is 20.3 Å². The number of carbonyl (C=O) groups is 2. The largest absolute Gasteiger partial charge is 0.489 e. The van der Waals surface area contributed by atoms with Crippen LogP contribution in [0.5, 0.6) is 5.75 Å². The number of hydrogen-bond acceptors (Lipinski definition) is 5. The lowest BCUT2D eigenvalue weighted by Crippen LogP contribution is -2.57. The van der Waals surface area contributed by atoms with E-state index in [-0.39, 0.29) is 17.9 Å². The Morgan fingerprint density at radius 2 is 1.42 bits per heavy atom. The van der Waals surface area contributed by atoms with Crippen LogP contribution in [0.25, 0.3) is 0 Å². The van der Waals surface area contributed by atoms with Crippen LogP contribution in [0.3, 0.4) is 0 Å². The molecule has 0 saturated carbocycles. The average molecular weight is 611 g/mol. The molecule has 3 aromatic rings.